The maximum atomic E-state index is 9.19. The normalized spacial score (nSPS) is 20.9. The van der Waals surface area contributed by atoms with Gasteiger partial charge < -0.3 is 5.11 Å². The molecule has 3 rings (SSSR count). The number of rotatable bonds is 3. The summed E-state index contributed by atoms with van der Waals surface area (Å²) in [4.78, 5) is 11.4. The minimum atomic E-state index is 0.125. The van der Waals surface area contributed by atoms with Crippen LogP contribution in [0.25, 0.3) is 11.2 Å². The predicted octanol–water partition coefficient (Wildman–Crippen LogP) is 1.19. The molecular formula is C13H18N4O. The number of likely N-dealkylation sites (tertiary alicyclic amines) is 1. The Bertz CT molecular complexity index is 551. The van der Waals surface area contributed by atoms with E-state index in [1.165, 1.54) is 6.42 Å². The van der Waals surface area contributed by atoms with E-state index in [0.29, 0.717) is 12.6 Å². The van der Waals surface area contributed by atoms with Crippen LogP contribution >= 0.6 is 0 Å². The average molecular weight is 246 g/mol. The molecule has 1 atom stereocenters. The van der Waals surface area contributed by atoms with Crippen LogP contribution in [0.1, 0.15) is 24.8 Å². The highest BCUT2D eigenvalue weighted by Gasteiger charge is 2.26. The summed E-state index contributed by atoms with van der Waals surface area (Å²) in [7, 11) is 2.13. The van der Waals surface area contributed by atoms with Crippen LogP contribution in [0.3, 0.4) is 0 Å². The fourth-order valence-electron chi connectivity index (χ4n) is 2.78. The van der Waals surface area contributed by atoms with Crippen molar-refractivity contribution >= 4 is 11.2 Å². The third-order valence-electron chi connectivity index (χ3n) is 3.64. The summed E-state index contributed by atoms with van der Waals surface area (Å²) < 4.78 is 2.19. The van der Waals surface area contributed by atoms with Gasteiger partial charge in [-0.2, -0.15) is 0 Å². The first-order chi connectivity index (χ1) is 8.81. The SMILES string of the molecule is CN1CCCC1n1c(CCO)nc2cccnc21. The maximum absolute atomic E-state index is 9.19. The molecule has 1 unspecified atom stereocenters. The minimum Gasteiger partial charge on any atom is -0.396 e. The highest BCUT2D eigenvalue weighted by molar-refractivity contribution is 5.71. The topological polar surface area (TPSA) is 54.2 Å². The van der Waals surface area contributed by atoms with Gasteiger partial charge in [0.1, 0.15) is 11.3 Å². The van der Waals surface area contributed by atoms with Gasteiger partial charge in [0.15, 0.2) is 5.65 Å². The number of aliphatic hydroxyl groups is 1. The lowest BCUT2D eigenvalue weighted by Gasteiger charge is -2.23. The lowest BCUT2D eigenvalue weighted by molar-refractivity contribution is 0.231. The van der Waals surface area contributed by atoms with Crippen LogP contribution in [0.2, 0.25) is 0 Å². The standard InChI is InChI=1S/C13H18N4O/c1-16-8-3-5-12(16)17-11(6-9-18)15-10-4-2-7-14-13(10)17/h2,4,7,12,18H,3,5-6,8-9H2,1H3. The van der Waals surface area contributed by atoms with E-state index in [9.17, 15) is 5.11 Å². The van der Waals surface area contributed by atoms with Crippen LogP contribution in [-0.4, -0.2) is 44.7 Å². The van der Waals surface area contributed by atoms with Crippen LogP contribution in [-0.2, 0) is 6.42 Å². The van der Waals surface area contributed by atoms with E-state index < -0.39 is 0 Å². The number of hydrogen-bond donors (Lipinski definition) is 1. The predicted molar refractivity (Wildman–Crippen MR) is 69.2 cm³/mol. The molecule has 5 nitrogen and oxygen atoms in total. The van der Waals surface area contributed by atoms with Crippen molar-refractivity contribution in [3.05, 3.63) is 24.2 Å². The maximum Gasteiger partial charge on any atom is 0.161 e. The Hall–Kier alpha value is -1.46. The van der Waals surface area contributed by atoms with Gasteiger partial charge in [0.05, 0.1) is 12.8 Å². The van der Waals surface area contributed by atoms with Crippen LogP contribution in [0.4, 0.5) is 0 Å². The largest absolute Gasteiger partial charge is 0.396 e. The van der Waals surface area contributed by atoms with Crippen molar-refractivity contribution in [3.8, 4) is 0 Å². The Morgan fingerprint density at radius 3 is 3.11 bits per heavy atom. The molecule has 1 N–H and O–H groups in total. The number of pyridine rings is 1. The average Bonchev–Trinajstić information content (AvgIpc) is 2.93. The monoisotopic (exact) mass is 246 g/mol. The fraction of sp³-hybridized carbons (Fsp3) is 0.538. The van der Waals surface area contributed by atoms with Crippen molar-refractivity contribution in [2.75, 3.05) is 20.2 Å². The van der Waals surface area contributed by atoms with Gasteiger partial charge in [0.2, 0.25) is 0 Å². The summed E-state index contributed by atoms with van der Waals surface area (Å²) >= 11 is 0. The second-order valence-corrected chi connectivity index (χ2v) is 4.82. The van der Waals surface area contributed by atoms with Crippen molar-refractivity contribution in [2.45, 2.75) is 25.4 Å². The van der Waals surface area contributed by atoms with Gasteiger partial charge in [-0.25, -0.2) is 9.97 Å². The molecule has 3 heterocycles. The molecule has 0 aliphatic carbocycles. The van der Waals surface area contributed by atoms with E-state index in [1.54, 1.807) is 6.20 Å². The van der Waals surface area contributed by atoms with Crippen LogP contribution in [0.5, 0.6) is 0 Å². The summed E-state index contributed by atoms with van der Waals surface area (Å²) in [6.07, 6.45) is 5.04. The molecule has 0 amide bonds. The molecular weight excluding hydrogens is 228 g/mol. The van der Waals surface area contributed by atoms with E-state index in [4.69, 9.17) is 0 Å². The van der Waals surface area contributed by atoms with E-state index in [0.717, 1.165) is 30.0 Å². The highest BCUT2D eigenvalue weighted by Crippen LogP contribution is 2.29. The number of aromatic nitrogens is 3. The minimum absolute atomic E-state index is 0.125. The van der Waals surface area contributed by atoms with Crippen molar-refractivity contribution in [3.63, 3.8) is 0 Å². The van der Waals surface area contributed by atoms with Gasteiger partial charge in [-0.1, -0.05) is 0 Å². The summed E-state index contributed by atoms with van der Waals surface area (Å²) in [5, 5.41) is 9.19. The number of fused-ring (bicyclic) bond motifs is 1. The Labute approximate surface area is 106 Å². The molecule has 0 saturated carbocycles. The number of aliphatic hydroxyl groups excluding tert-OH is 1. The van der Waals surface area contributed by atoms with Gasteiger partial charge in [0.25, 0.3) is 0 Å². The summed E-state index contributed by atoms with van der Waals surface area (Å²) in [6, 6.07) is 3.88. The van der Waals surface area contributed by atoms with Crippen molar-refractivity contribution in [1.29, 1.82) is 0 Å². The number of nitrogens with zero attached hydrogens (tertiary/aromatic N) is 4. The first-order valence-electron chi connectivity index (χ1n) is 6.44. The molecule has 5 heteroatoms. The molecule has 0 bridgehead atoms. The molecule has 0 radical (unpaired) electrons. The van der Waals surface area contributed by atoms with E-state index in [2.05, 4.69) is 26.5 Å². The second-order valence-electron chi connectivity index (χ2n) is 4.82. The Morgan fingerprint density at radius 2 is 2.39 bits per heavy atom. The molecule has 2 aromatic rings. The molecule has 1 aliphatic rings. The molecule has 1 fully saturated rings. The molecule has 96 valence electrons. The smallest absolute Gasteiger partial charge is 0.161 e. The number of imidazole rings is 1. The van der Waals surface area contributed by atoms with E-state index in [-0.39, 0.29) is 6.61 Å². The first kappa shape index (κ1) is 11.6. The Morgan fingerprint density at radius 1 is 1.50 bits per heavy atom. The zero-order valence-electron chi connectivity index (χ0n) is 10.6. The van der Waals surface area contributed by atoms with Crippen LogP contribution < -0.4 is 0 Å². The fourth-order valence-corrected chi connectivity index (χ4v) is 2.78. The highest BCUT2D eigenvalue weighted by atomic mass is 16.3. The van der Waals surface area contributed by atoms with Crippen molar-refractivity contribution < 1.29 is 5.11 Å². The third-order valence-corrected chi connectivity index (χ3v) is 3.64. The lowest BCUT2D eigenvalue weighted by Crippen LogP contribution is -2.25. The summed E-state index contributed by atoms with van der Waals surface area (Å²) in [5.41, 5.74) is 1.85. The first-order valence-corrected chi connectivity index (χ1v) is 6.44. The van der Waals surface area contributed by atoms with Gasteiger partial charge in [0, 0.05) is 12.6 Å². The molecule has 1 saturated heterocycles. The molecule has 0 aromatic carbocycles. The van der Waals surface area contributed by atoms with Crippen molar-refractivity contribution in [1.82, 2.24) is 19.4 Å². The Balaban J connectivity index is 2.14. The van der Waals surface area contributed by atoms with Gasteiger partial charge in [-0.3, -0.25) is 9.47 Å². The van der Waals surface area contributed by atoms with Crippen LogP contribution in [0, 0.1) is 0 Å². The van der Waals surface area contributed by atoms with Gasteiger partial charge >= 0.3 is 0 Å². The quantitative estimate of drug-likeness (QED) is 0.884. The third kappa shape index (κ3) is 1.79. The molecule has 0 spiro atoms. The van der Waals surface area contributed by atoms with Gasteiger partial charge in [-0.15, -0.1) is 0 Å². The lowest BCUT2D eigenvalue weighted by atomic mass is 10.3. The van der Waals surface area contributed by atoms with Gasteiger partial charge in [-0.05, 0) is 38.6 Å². The van der Waals surface area contributed by atoms with E-state index >= 15 is 0 Å². The molecule has 18 heavy (non-hydrogen) atoms. The zero-order chi connectivity index (χ0) is 12.5. The summed E-state index contributed by atoms with van der Waals surface area (Å²) in [5.74, 6) is 0.935. The van der Waals surface area contributed by atoms with Crippen molar-refractivity contribution in [2.24, 2.45) is 0 Å². The second kappa shape index (κ2) is 4.66. The van der Waals surface area contributed by atoms with E-state index in [1.807, 2.05) is 12.1 Å². The number of hydrogen-bond acceptors (Lipinski definition) is 4. The zero-order valence-corrected chi connectivity index (χ0v) is 10.6. The van der Waals surface area contributed by atoms with Crippen LogP contribution in [0.15, 0.2) is 18.3 Å². The molecule has 1 aliphatic heterocycles. The Kier molecular flexibility index (Phi) is 3.01. The molecule has 2 aromatic heterocycles. The summed E-state index contributed by atoms with van der Waals surface area (Å²) in [6.45, 7) is 1.23.